The summed E-state index contributed by atoms with van der Waals surface area (Å²) in [5.41, 5.74) is 3.11. The molecule has 8 heteroatoms. The summed E-state index contributed by atoms with van der Waals surface area (Å²) in [5, 5.41) is 0. The van der Waals surface area contributed by atoms with Crippen molar-refractivity contribution in [2.75, 3.05) is 31.3 Å². The van der Waals surface area contributed by atoms with Gasteiger partial charge in [0.15, 0.2) is 5.92 Å². The number of rotatable bonds is 4. The summed E-state index contributed by atoms with van der Waals surface area (Å²) in [5.74, 6) is -0.239. The molecule has 0 saturated carbocycles. The number of dihydropyridines is 1. The first-order valence-electron chi connectivity index (χ1n) is 10.1. The fraction of sp³-hybridized carbons (Fsp3) is 0.409. The Labute approximate surface area is 180 Å². The number of carbonyl (C=O) groups is 3. The number of fused-ring (bicyclic) bond motifs is 2. The van der Waals surface area contributed by atoms with Gasteiger partial charge in [-0.25, -0.2) is 4.79 Å². The first-order chi connectivity index (χ1) is 14.4. The van der Waals surface area contributed by atoms with Crippen LogP contribution in [0.1, 0.15) is 25.3 Å². The SMILES string of the molecule is CCC1=C(SCC(=O)N2CCCc3ccccc32)C2C(=O)N(C)C(=O)[N+](C)=C2N=C1. The Kier molecular flexibility index (Phi) is 5.60. The van der Waals surface area contributed by atoms with E-state index in [2.05, 4.69) is 11.1 Å². The number of hydrogen-bond acceptors (Lipinski definition) is 5. The number of aliphatic imine (C=N–C) groups is 1. The third-order valence-corrected chi connectivity index (χ3v) is 7.03. The summed E-state index contributed by atoms with van der Waals surface area (Å²) in [7, 11) is 3.11. The van der Waals surface area contributed by atoms with Crippen LogP contribution in [0.4, 0.5) is 10.5 Å². The largest absolute Gasteiger partial charge is 0.445 e. The van der Waals surface area contributed by atoms with Crippen LogP contribution in [-0.4, -0.2) is 65.8 Å². The number of anilines is 1. The second kappa shape index (κ2) is 8.18. The molecule has 0 radical (unpaired) electrons. The lowest BCUT2D eigenvalue weighted by molar-refractivity contribution is -0.407. The number of amidine groups is 1. The lowest BCUT2D eigenvalue weighted by atomic mass is 9.97. The number of hydrogen-bond donors (Lipinski definition) is 0. The first-order valence-corrected chi connectivity index (χ1v) is 11.1. The van der Waals surface area contributed by atoms with Crippen LogP contribution in [0.3, 0.4) is 0 Å². The molecule has 1 aromatic carbocycles. The predicted octanol–water partition coefficient (Wildman–Crippen LogP) is 2.70. The molecule has 0 aromatic heterocycles. The minimum Gasteiger partial charge on any atom is -0.311 e. The molecule has 4 rings (SSSR count). The molecule has 0 bridgehead atoms. The number of urea groups is 1. The van der Waals surface area contributed by atoms with E-state index in [-0.39, 0.29) is 17.6 Å². The van der Waals surface area contributed by atoms with Gasteiger partial charge < -0.3 is 4.90 Å². The van der Waals surface area contributed by atoms with Crippen molar-refractivity contribution < 1.29 is 19.0 Å². The van der Waals surface area contributed by atoms with Crippen LogP contribution < -0.4 is 4.90 Å². The van der Waals surface area contributed by atoms with Gasteiger partial charge in [-0.05, 0) is 36.5 Å². The van der Waals surface area contributed by atoms with Crippen molar-refractivity contribution in [1.29, 1.82) is 0 Å². The summed E-state index contributed by atoms with van der Waals surface area (Å²) in [6.07, 6.45) is 4.35. The number of benzene rings is 1. The average Bonchev–Trinajstić information content (AvgIpc) is 2.78. The van der Waals surface area contributed by atoms with Gasteiger partial charge in [0.1, 0.15) is 6.21 Å². The van der Waals surface area contributed by atoms with Crippen LogP contribution in [0.5, 0.6) is 0 Å². The third kappa shape index (κ3) is 3.39. The van der Waals surface area contributed by atoms with Crippen LogP contribution in [-0.2, 0) is 16.0 Å². The summed E-state index contributed by atoms with van der Waals surface area (Å²) in [4.78, 5) is 46.5. The Morgan fingerprint density at radius 2 is 2.07 bits per heavy atom. The first kappa shape index (κ1) is 20.5. The van der Waals surface area contributed by atoms with Crippen LogP contribution in [0.15, 0.2) is 39.7 Å². The second-order valence-electron chi connectivity index (χ2n) is 7.60. The Hall–Kier alpha value is -2.74. The molecule has 1 atom stereocenters. The molecule has 30 heavy (non-hydrogen) atoms. The van der Waals surface area contributed by atoms with Crippen molar-refractivity contribution in [3.05, 3.63) is 40.3 Å². The van der Waals surface area contributed by atoms with Gasteiger partial charge in [-0.15, -0.1) is 16.8 Å². The molecule has 4 amide bonds. The van der Waals surface area contributed by atoms with E-state index in [4.69, 9.17) is 0 Å². The Morgan fingerprint density at radius 3 is 2.83 bits per heavy atom. The normalized spacial score (nSPS) is 21.2. The maximum Gasteiger partial charge on any atom is 0.445 e. The molecule has 156 valence electrons. The molecular formula is C22H25N4O3S+. The standard InChI is InChI=1S/C22H25N4O3S/c1-4-14-12-23-20-18(21(28)25(3)22(29)24(20)2)19(14)30-13-17(27)26-11-7-9-15-8-5-6-10-16(15)26/h5-6,8,10,12,18H,4,7,9,11,13H2,1-3H3/q+1. The lowest BCUT2D eigenvalue weighted by Crippen LogP contribution is -2.52. The zero-order valence-corrected chi connectivity index (χ0v) is 18.2. The van der Waals surface area contributed by atoms with Gasteiger partial charge >= 0.3 is 11.9 Å². The predicted molar refractivity (Wildman–Crippen MR) is 118 cm³/mol. The van der Waals surface area contributed by atoms with E-state index in [1.54, 1.807) is 13.3 Å². The number of carbonyl (C=O) groups excluding carboxylic acids is 3. The van der Waals surface area contributed by atoms with E-state index in [1.807, 2.05) is 30.0 Å². The molecule has 3 heterocycles. The van der Waals surface area contributed by atoms with Crippen molar-refractivity contribution in [1.82, 2.24) is 4.90 Å². The molecule has 3 aliphatic heterocycles. The number of imide groups is 1. The number of aryl methyl sites for hydroxylation is 1. The molecule has 0 N–H and O–H groups in total. The van der Waals surface area contributed by atoms with Crippen molar-refractivity contribution in [3.63, 3.8) is 0 Å². The van der Waals surface area contributed by atoms with E-state index < -0.39 is 11.9 Å². The van der Waals surface area contributed by atoms with Crippen molar-refractivity contribution in [2.45, 2.75) is 26.2 Å². The maximum absolute atomic E-state index is 13.1. The lowest BCUT2D eigenvalue weighted by Gasteiger charge is -2.30. The summed E-state index contributed by atoms with van der Waals surface area (Å²) >= 11 is 1.39. The van der Waals surface area contributed by atoms with Crippen molar-refractivity contribution >= 4 is 47.3 Å². The second-order valence-corrected chi connectivity index (χ2v) is 8.61. The molecule has 0 fully saturated rings. The zero-order valence-electron chi connectivity index (χ0n) is 17.4. The topological polar surface area (TPSA) is 73.1 Å². The van der Waals surface area contributed by atoms with Crippen LogP contribution in [0.2, 0.25) is 0 Å². The minimum atomic E-state index is -0.635. The molecule has 1 aromatic rings. The number of amides is 4. The average molecular weight is 426 g/mol. The van der Waals surface area contributed by atoms with E-state index in [9.17, 15) is 14.4 Å². The number of allylic oxidation sites excluding steroid dienone is 1. The summed E-state index contributed by atoms with van der Waals surface area (Å²) in [6, 6.07) is 7.63. The molecule has 0 spiro atoms. The van der Waals surface area contributed by atoms with Gasteiger partial charge in [-0.1, -0.05) is 25.1 Å². The molecule has 7 nitrogen and oxygen atoms in total. The summed E-state index contributed by atoms with van der Waals surface area (Å²) in [6.45, 7) is 2.71. The van der Waals surface area contributed by atoms with Gasteiger partial charge in [0.2, 0.25) is 5.91 Å². The molecule has 0 saturated heterocycles. The Balaban J connectivity index is 1.60. The Morgan fingerprint density at radius 1 is 1.30 bits per heavy atom. The number of thioether (sulfide) groups is 1. The van der Waals surface area contributed by atoms with Crippen LogP contribution in [0.25, 0.3) is 0 Å². The van der Waals surface area contributed by atoms with E-state index in [1.165, 1.54) is 28.9 Å². The monoisotopic (exact) mass is 425 g/mol. The summed E-state index contributed by atoms with van der Waals surface area (Å²) < 4.78 is 1.41. The van der Waals surface area contributed by atoms with Crippen LogP contribution >= 0.6 is 11.8 Å². The minimum absolute atomic E-state index is 0.0280. The number of nitrogens with zero attached hydrogens (tertiary/aromatic N) is 4. The molecular weight excluding hydrogens is 400 g/mol. The Bertz CT molecular complexity index is 1030. The quantitative estimate of drug-likeness (QED) is 0.696. The van der Waals surface area contributed by atoms with Gasteiger partial charge in [-0.2, -0.15) is 9.48 Å². The third-order valence-electron chi connectivity index (χ3n) is 5.83. The van der Waals surface area contributed by atoms with Gasteiger partial charge in [-0.3, -0.25) is 9.59 Å². The van der Waals surface area contributed by atoms with E-state index in [0.29, 0.717) is 18.8 Å². The highest BCUT2D eigenvalue weighted by atomic mass is 32.2. The highest BCUT2D eigenvalue weighted by molar-refractivity contribution is 8.03. The van der Waals surface area contributed by atoms with Crippen LogP contribution in [0, 0.1) is 5.92 Å². The molecule has 0 aliphatic carbocycles. The highest BCUT2D eigenvalue weighted by Crippen LogP contribution is 2.36. The van der Waals surface area contributed by atoms with E-state index >= 15 is 0 Å². The maximum atomic E-state index is 13.1. The molecule has 1 unspecified atom stereocenters. The highest BCUT2D eigenvalue weighted by Gasteiger charge is 2.48. The molecule has 3 aliphatic rings. The van der Waals surface area contributed by atoms with Gasteiger partial charge in [0.05, 0.1) is 19.8 Å². The van der Waals surface area contributed by atoms with E-state index in [0.717, 1.165) is 33.9 Å². The fourth-order valence-electron chi connectivity index (χ4n) is 4.15. The van der Waals surface area contributed by atoms with Crippen molar-refractivity contribution in [3.8, 4) is 0 Å². The van der Waals surface area contributed by atoms with Gasteiger partial charge in [0, 0.05) is 17.1 Å². The van der Waals surface area contributed by atoms with Crippen molar-refractivity contribution in [2.24, 2.45) is 10.9 Å². The number of para-hydroxylation sites is 1. The smallest absolute Gasteiger partial charge is 0.311 e. The van der Waals surface area contributed by atoms with Gasteiger partial charge in [0.25, 0.3) is 5.84 Å². The fourth-order valence-corrected chi connectivity index (χ4v) is 5.34. The zero-order chi connectivity index (χ0) is 21.4.